The van der Waals surface area contributed by atoms with Crippen LogP contribution in [0.1, 0.15) is 28.8 Å². The molecule has 0 spiro atoms. The van der Waals surface area contributed by atoms with Gasteiger partial charge in [0.1, 0.15) is 0 Å². The van der Waals surface area contributed by atoms with E-state index in [1.165, 1.54) is 13.1 Å². The van der Waals surface area contributed by atoms with E-state index in [0.29, 0.717) is 5.56 Å². The molecule has 0 atom stereocenters. The molecule has 3 rings (SSSR count). The Kier molecular flexibility index (Phi) is 7.01. The Morgan fingerprint density at radius 3 is 2.38 bits per heavy atom. The number of amides is 3. The fraction of sp³-hybridized carbons (Fsp3) is 0.318. The summed E-state index contributed by atoms with van der Waals surface area (Å²) in [5.41, 5.74) is -1.05. The zero-order chi connectivity index (χ0) is 23.3. The van der Waals surface area contributed by atoms with E-state index < -0.39 is 30.1 Å². The summed E-state index contributed by atoms with van der Waals surface area (Å²) in [6, 6.07) is 11.5. The zero-order valence-corrected chi connectivity index (χ0v) is 17.3. The minimum absolute atomic E-state index is 0.0306. The predicted octanol–water partition coefficient (Wildman–Crippen LogP) is 3.11. The normalized spacial score (nSPS) is 13.2. The summed E-state index contributed by atoms with van der Waals surface area (Å²) in [5, 5.41) is 7.66. The Balaban J connectivity index is 1.64. The van der Waals surface area contributed by atoms with Crippen LogP contribution >= 0.6 is 0 Å². The van der Waals surface area contributed by atoms with Crippen LogP contribution in [0.5, 0.6) is 0 Å². The third-order valence-electron chi connectivity index (χ3n) is 4.80. The topological polar surface area (TPSA) is 90.5 Å². The number of halogens is 3. The van der Waals surface area contributed by atoms with Gasteiger partial charge < -0.3 is 20.9 Å². The number of hydrogen-bond acceptors (Lipinski definition) is 4. The highest BCUT2D eigenvalue weighted by atomic mass is 19.4. The van der Waals surface area contributed by atoms with Crippen molar-refractivity contribution in [1.29, 1.82) is 0 Å². The Labute approximate surface area is 183 Å². The first kappa shape index (κ1) is 23.1. The summed E-state index contributed by atoms with van der Waals surface area (Å²) in [6.07, 6.45) is -2.89. The predicted molar refractivity (Wildman–Crippen MR) is 113 cm³/mol. The SMILES string of the molecule is CN(CC(=O)NC1CC1)C(=O)CNc1ccc(NC(=O)c2ccccc2)cc1C(F)(F)F. The van der Waals surface area contributed by atoms with Crippen molar-refractivity contribution in [3.8, 4) is 0 Å². The summed E-state index contributed by atoms with van der Waals surface area (Å²) in [5.74, 6) is -1.39. The number of anilines is 2. The Hall–Kier alpha value is -3.56. The summed E-state index contributed by atoms with van der Waals surface area (Å²) in [7, 11) is 1.41. The van der Waals surface area contributed by atoms with Crippen LogP contribution in [0.4, 0.5) is 24.5 Å². The largest absolute Gasteiger partial charge is 0.418 e. The second-order valence-corrected chi connectivity index (χ2v) is 7.52. The molecule has 1 aliphatic rings. The molecule has 0 unspecified atom stereocenters. The number of carbonyl (C=O) groups is 3. The van der Waals surface area contributed by atoms with Crippen molar-refractivity contribution in [3.05, 3.63) is 59.7 Å². The van der Waals surface area contributed by atoms with Crippen LogP contribution in [-0.4, -0.2) is 48.8 Å². The van der Waals surface area contributed by atoms with E-state index in [2.05, 4.69) is 16.0 Å². The van der Waals surface area contributed by atoms with E-state index in [4.69, 9.17) is 0 Å². The smallest absolute Gasteiger partial charge is 0.376 e. The number of nitrogens with one attached hydrogen (secondary N) is 3. The van der Waals surface area contributed by atoms with Gasteiger partial charge in [-0.2, -0.15) is 13.2 Å². The first-order valence-corrected chi connectivity index (χ1v) is 9.98. The Morgan fingerprint density at radius 2 is 1.75 bits per heavy atom. The number of likely N-dealkylation sites (N-methyl/N-ethyl adjacent to an activating group) is 1. The molecule has 0 heterocycles. The third-order valence-corrected chi connectivity index (χ3v) is 4.80. The molecular weight excluding hydrogens is 425 g/mol. The molecule has 0 bridgehead atoms. The molecule has 7 nitrogen and oxygen atoms in total. The lowest BCUT2D eigenvalue weighted by atomic mass is 10.1. The Morgan fingerprint density at radius 1 is 1.06 bits per heavy atom. The molecule has 2 aromatic carbocycles. The molecule has 2 aromatic rings. The first-order chi connectivity index (χ1) is 15.1. The number of carbonyl (C=O) groups excluding carboxylic acids is 3. The first-order valence-electron chi connectivity index (χ1n) is 9.98. The lowest BCUT2D eigenvalue weighted by molar-refractivity contribution is -0.137. The van der Waals surface area contributed by atoms with Gasteiger partial charge in [-0.15, -0.1) is 0 Å². The van der Waals surface area contributed by atoms with Crippen molar-refractivity contribution in [2.45, 2.75) is 25.1 Å². The van der Waals surface area contributed by atoms with Gasteiger partial charge in [0.05, 0.1) is 18.7 Å². The van der Waals surface area contributed by atoms with Crippen LogP contribution in [-0.2, 0) is 15.8 Å². The average Bonchev–Trinajstić information content (AvgIpc) is 3.56. The molecular formula is C22H23F3N4O3. The molecule has 3 amide bonds. The lowest BCUT2D eigenvalue weighted by Crippen LogP contribution is -2.41. The number of benzene rings is 2. The summed E-state index contributed by atoms with van der Waals surface area (Å²) < 4.78 is 40.7. The summed E-state index contributed by atoms with van der Waals surface area (Å²) in [4.78, 5) is 37.4. The molecule has 1 fully saturated rings. The molecule has 170 valence electrons. The van der Waals surface area contributed by atoms with Gasteiger partial charge in [0.15, 0.2) is 0 Å². The van der Waals surface area contributed by atoms with Crippen molar-refractivity contribution < 1.29 is 27.6 Å². The number of alkyl halides is 3. The molecule has 1 saturated carbocycles. The van der Waals surface area contributed by atoms with Crippen molar-refractivity contribution in [3.63, 3.8) is 0 Å². The van der Waals surface area contributed by atoms with Gasteiger partial charge in [0.2, 0.25) is 11.8 Å². The van der Waals surface area contributed by atoms with Crippen molar-refractivity contribution in [2.75, 3.05) is 30.8 Å². The van der Waals surface area contributed by atoms with Crippen LogP contribution in [0.15, 0.2) is 48.5 Å². The second-order valence-electron chi connectivity index (χ2n) is 7.52. The van der Waals surface area contributed by atoms with Crippen LogP contribution in [0.25, 0.3) is 0 Å². The monoisotopic (exact) mass is 448 g/mol. The fourth-order valence-corrected chi connectivity index (χ4v) is 2.91. The molecule has 10 heteroatoms. The van der Waals surface area contributed by atoms with Crippen molar-refractivity contribution in [2.24, 2.45) is 0 Å². The number of rotatable bonds is 8. The number of nitrogens with zero attached hydrogens (tertiary/aromatic N) is 1. The fourth-order valence-electron chi connectivity index (χ4n) is 2.91. The summed E-state index contributed by atoms with van der Waals surface area (Å²) >= 11 is 0. The summed E-state index contributed by atoms with van der Waals surface area (Å²) in [6.45, 7) is -0.598. The van der Waals surface area contributed by atoms with Gasteiger partial charge in [-0.05, 0) is 43.2 Å². The lowest BCUT2D eigenvalue weighted by Gasteiger charge is -2.19. The van der Waals surface area contributed by atoms with Gasteiger partial charge in [-0.25, -0.2) is 0 Å². The molecule has 0 saturated heterocycles. The van der Waals surface area contributed by atoms with E-state index in [9.17, 15) is 27.6 Å². The average molecular weight is 448 g/mol. The molecule has 0 aromatic heterocycles. The van der Waals surface area contributed by atoms with E-state index in [0.717, 1.165) is 29.9 Å². The van der Waals surface area contributed by atoms with Gasteiger partial charge >= 0.3 is 6.18 Å². The van der Waals surface area contributed by atoms with E-state index in [-0.39, 0.29) is 29.9 Å². The van der Waals surface area contributed by atoms with Crippen LogP contribution < -0.4 is 16.0 Å². The van der Waals surface area contributed by atoms with E-state index in [1.807, 2.05) is 0 Å². The number of hydrogen-bond donors (Lipinski definition) is 3. The van der Waals surface area contributed by atoms with Gasteiger partial charge in [-0.1, -0.05) is 18.2 Å². The van der Waals surface area contributed by atoms with Crippen LogP contribution in [0.3, 0.4) is 0 Å². The molecule has 32 heavy (non-hydrogen) atoms. The van der Waals surface area contributed by atoms with Crippen molar-refractivity contribution >= 4 is 29.1 Å². The second kappa shape index (κ2) is 9.71. The zero-order valence-electron chi connectivity index (χ0n) is 17.3. The maximum Gasteiger partial charge on any atom is 0.418 e. The minimum Gasteiger partial charge on any atom is -0.376 e. The van der Waals surface area contributed by atoms with Crippen LogP contribution in [0.2, 0.25) is 0 Å². The highest BCUT2D eigenvalue weighted by molar-refractivity contribution is 6.04. The van der Waals surface area contributed by atoms with Gasteiger partial charge in [0.25, 0.3) is 5.91 Å². The third kappa shape index (κ3) is 6.47. The van der Waals surface area contributed by atoms with Gasteiger partial charge in [-0.3, -0.25) is 14.4 Å². The van der Waals surface area contributed by atoms with Crippen molar-refractivity contribution in [1.82, 2.24) is 10.2 Å². The highest BCUT2D eigenvalue weighted by Gasteiger charge is 2.34. The highest BCUT2D eigenvalue weighted by Crippen LogP contribution is 2.36. The Bertz CT molecular complexity index is 992. The quantitative estimate of drug-likeness (QED) is 0.579. The maximum atomic E-state index is 13.6. The molecule has 3 N–H and O–H groups in total. The minimum atomic E-state index is -4.71. The van der Waals surface area contributed by atoms with Crippen LogP contribution in [0, 0.1) is 0 Å². The standard InChI is InChI=1S/C22H23F3N4O3/c1-29(13-19(30)27-15-7-8-15)20(31)12-26-18-10-9-16(11-17(18)22(23,24)25)28-21(32)14-5-3-2-4-6-14/h2-6,9-11,15,26H,7-8,12-13H2,1H3,(H,27,30)(H,28,32). The van der Waals surface area contributed by atoms with E-state index >= 15 is 0 Å². The van der Waals surface area contributed by atoms with E-state index in [1.54, 1.807) is 30.3 Å². The molecule has 0 radical (unpaired) electrons. The maximum absolute atomic E-state index is 13.6. The van der Waals surface area contributed by atoms with Gasteiger partial charge in [0, 0.05) is 30.0 Å². The molecule has 0 aliphatic heterocycles. The molecule has 1 aliphatic carbocycles.